The normalized spacial score (nSPS) is 12.6. The van der Waals surface area contributed by atoms with Gasteiger partial charge in [-0.15, -0.1) is 5.10 Å². The molecule has 2 aromatic rings. The monoisotopic (exact) mass is 300 g/mol. The number of aromatic amines is 1. The molecule has 0 saturated carbocycles. The Morgan fingerprint density at radius 1 is 1.44 bits per heavy atom. The van der Waals surface area contributed by atoms with E-state index >= 15 is 0 Å². The highest BCUT2D eigenvalue weighted by atomic mass is 79.9. The van der Waals surface area contributed by atoms with Crippen LogP contribution in [0.25, 0.3) is 0 Å². The zero-order valence-electron chi connectivity index (χ0n) is 8.18. The number of hydrogen-bond acceptors (Lipinski definition) is 4. The second kappa shape index (κ2) is 4.90. The summed E-state index contributed by atoms with van der Waals surface area (Å²) in [4.78, 5) is 0.220. The molecule has 1 aromatic heterocycles. The van der Waals surface area contributed by atoms with Gasteiger partial charge in [0.05, 0.1) is 12.5 Å². The van der Waals surface area contributed by atoms with E-state index < -0.39 is 6.10 Å². The summed E-state index contributed by atoms with van der Waals surface area (Å²) in [5, 5.41) is 16.3. The van der Waals surface area contributed by atoms with Gasteiger partial charge in [0.2, 0.25) is 5.89 Å². The van der Waals surface area contributed by atoms with E-state index in [1.54, 1.807) is 0 Å². The smallest absolute Gasteiger partial charge is 0.284 e. The molecule has 0 fully saturated rings. The molecule has 0 radical (unpaired) electrons. The molecular weight excluding hydrogens is 292 g/mol. The SMILES string of the molecule is OC(Cc1n[nH]c(=S)o1)c1ccc(Br)cc1. The molecule has 1 heterocycles. The van der Waals surface area contributed by atoms with Crippen molar-refractivity contribution in [2.24, 2.45) is 0 Å². The average molecular weight is 301 g/mol. The van der Waals surface area contributed by atoms with Gasteiger partial charge >= 0.3 is 0 Å². The van der Waals surface area contributed by atoms with Gasteiger partial charge in [-0.3, -0.25) is 0 Å². The number of nitrogens with one attached hydrogen (secondary N) is 1. The molecule has 0 aliphatic carbocycles. The van der Waals surface area contributed by atoms with E-state index in [4.69, 9.17) is 16.6 Å². The quantitative estimate of drug-likeness (QED) is 0.856. The van der Waals surface area contributed by atoms with Crippen LogP contribution in [0.15, 0.2) is 33.2 Å². The maximum absolute atomic E-state index is 9.91. The fraction of sp³-hybridized carbons (Fsp3) is 0.200. The van der Waals surface area contributed by atoms with E-state index in [9.17, 15) is 5.11 Å². The molecule has 6 heteroatoms. The van der Waals surface area contributed by atoms with Crippen LogP contribution in [0.5, 0.6) is 0 Å². The van der Waals surface area contributed by atoms with E-state index in [0.717, 1.165) is 10.0 Å². The molecule has 16 heavy (non-hydrogen) atoms. The van der Waals surface area contributed by atoms with Gasteiger partial charge in [0.15, 0.2) is 0 Å². The van der Waals surface area contributed by atoms with Crippen LogP contribution in [0.1, 0.15) is 17.6 Å². The predicted molar refractivity (Wildman–Crippen MR) is 64.5 cm³/mol. The van der Waals surface area contributed by atoms with E-state index in [1.807, 2.05) is 24.3 Å². The molecule has 1 aromatic carbocycles. The van der Waals surface area contributed by atoms with E-state index in [0.29, 0.717) is 12.3 Å². The lowest BCUT2D eigenvalue weighted by atomic mass is 10.1. The Bertz CT molecular complexity index is 520. The third-order valence-corrected chi connectivity index (χ3v) is 2.81. The molecule has 1 unspecified atom stereocenters. The first-order valence-electron chi connectivity index (χ1n) is 4.63. The van der Waals surface area contributed by atoms with Crippen LogP contribution in [0.2, 0.25) is 0 Å². The molecule has 2 N–H and O–H groups in total. The van der Waals surface area contributed by atoms with Crippen molar-refractivity contribution in [2.45, 2.75) is 12.5 Å². The van der Waals surface area contributed by atoms with Crippen molar-refractivity contribution in [1.82, 2.24) is 10.2 Å². The van der Waals surface area contributed by atoms with Crippen LogP contribution in [0, 0.1) is 4.84 Å². The molecule has 0 amide bonds. The lowest BCUT2D eigenvalue weighted by Gasteiger charge is -2.07. The molecule has 0 spiro atoms. The van der Waals surface area contributed by atoms with Gasteiger partial charge in [-0.05, 0) is 29.9 Å². The second-order valence-corrected chi connectivity index (χ2v) is 4.56. The summed E-state index contributed by atoms with van der Waals surface area (Å²) in [7, 11) is 0. The Morgan fingerprint density at radius 2 is 2.12 bits per heavy atom. The van der Waals surface area contributed by atoms with Crippen molar-refractivity contribution >= 4 is 28.1 Å². The molecule has 2 rings (SSSR count). The first-order chi connectivity index (χ1) is 7.65. The van der Waals surface area contributed by atoms with Crippen molar-refractivity contribution in [3.05, 3.63) is 45.0 Å². The molecule has 0 aliphatic rings. The van der Waals surface area contributed by atoms with Crippen molar-refractivity contribution in [1.29, 1.82) is 0 Å². The minimum Gasteiger partial charge on any atom is -0.414 e. The minimum atomic E-state index is -0.644. The first-order valence-corrected chi connectivity index (χ1v) is 5.83. The van der Waals surface area contributed by atoms with Gasteiger partial charge in [-0.1, -0.05) is 28.1 Å². The van der Waals surface area contributed by atoms with Gasteiger partial charge in [-0.2, -0.15) is 0 Å². The largest absolute Gasteiger partial charge is 0.414 e. The zero-order chi connectivity index (χ0) is 11.5. The predicted octanol–water partition coefficient (Wildman–Crippen LogP) is 2.77. The summed E-state index contributed by atoms with van der Waals surface area (Å²) in [6, 6.07) is 7.43. The molecular formula is C10H9BrN2O2S. The summed E-state index contributed by atoms with van der Waals surface area (Å²) in [5.41, 5.74) is 0.812. The maximum Gasteiger partial charge on any atom is 0.284 e. The number of aliphatic hydroxyl groups is 1. The number of hydrogen-bond donors (Lipinski definition) is 2. The van der Waals surface area contributed by atoms with Gasteiger partial charge in [-0.25, -0.2) is 5.10 Å². The van der Waals surface area contributed by atoms with Crippen molar-refractivity contribution in [3.8, 4) is 0 Å². The van der Waals surface area contributed by atoms with Crippen molar-refractivity contribution in [2.75, 3.05) is 0 Å². The van der Waals surface area contributed by atoms with Crippen LogP contribution >= 0.6 is 28.1 Å². The molecule has 4 nitrogen and oxygen atoms in total. The average Bonchev–Trinajstić information content (AvgIpc) is 2.65. The second-order valence-electron chi connectivity index (χ2n) is 3.28. The number of aliphatic hydroxyl groups excluding tert-OH is 1. The van der Waals surface area contributed by atoms with Gasteiger partial charge in [0.1, 0.15) is 0 Å². The molecule has 0 bridgehead atoms. The highest BCUT2D eigenvalue weighted by molar-refractivity contribution is 9.10. The number of H-pyrrole nitrogens is 1. The van der Waals surface area contributed by atoms with Crippen LogP contribution in [-0.2, 0) is 6.42 Å². The fourth-order valence-corrected chi connectivity index (χ4v) is 1.72. The standard InChI is InChI=1S/C10H9BrN2O2S/c11-7-3-1-6(2-4-7)8(14)5-9-12-13-10(16)15-9/h1-4,8,14H,5H2,(H,13,16). The van der Waals surface area contributed by atoms with Gasteiger partial charge in [0.25, 0.3) is 4.84 Å². The molecule has 0 saturated heterocycles. The highest BCUT2D eigenvalue weighted by Gasteiger charge is 2.11. The molecule has 0 aliphatic heterocycles. The summed E-state index contributed by atoms with van der Waals surface area (Å²) in [5.74, 6) is 0.403. The van der Waals surface area contributed by atoms with E-state index in [-0.39, 0.29) is 4.84 Å². The lowest BCUT2D eigenvalue weighted by Crippen LogP contribution is -2.01. The Morgan fingerprint density at radius 3 is 2.69 bits per heavy atom. The first kappa shape index (κ1) is 11.5. The van der Waals surface area contributed by atoms with Crippen LogP contribution in [-0.4, -0.2) is 15.3 Å². The van der Waals surface area contributed by atoms with Gasteiger partial charge in [0, 0.05) is 4.47 Å². The summed E-state index contributed by atoms with van der Waals surface area (Å²) >= 11 is 8.08. The number of nitrogens with zero attached hydrogens (tertiary/aromatic N) is 1. The summed E-state index contributed by atoms with van der Waals surface area (Å²) in [6.45, 7) is 0. The minimum absolute atomic E-state index is 0.220. The Balaban J connectivity index is 2.11. The van der Waals surface area contributed by atoms with Crippen molar-refractivity contribution in [3.63, 3.8) is 0 Å². The Labute approximate surface area is 105 Å². The fourth-order valence-electron chi connectivity index (χ4n) is 1.32. The number of benzene rings is 1. The van der Waals surface area contributed by atoms with Crippen LogP contribution in [0.3, 0.4) is 0 Å². The highest BCUT2D eigenvalue weighted by Crippen LogP contribution is 2.19. The zero-order valence-corrected chi connectivity index (χ0v) is 10.6. The van der Waals surface area contributed by atoms with Crippen LogP contribution < -0.4 is 0 Å². The topological polar surface area (TPSA) is 62.1 Å². The molecule has 1 atom stereocenters. The molecule has 84 valence electrons. The Hall–Kier alpha value is -0.980. The van der Waals surface area contributed by atoms with Crippen LogP contribution in [0.4, 0.5) is 0 Å². The Kier molecular flexibility index (Phi) is 3.52. The lowest BCUT2D eigenvalue weighted by molar-refractivity contribution is 0.168. The van der Waals surface area contributed by atoms with E-state index in [1.165, 1.54) is 0 Å². The third-order valence-electron chi connectivity index (χ3n) is 2.11. The summed E-state index contributed by atoms with van der Waals surface area (Å²) in [6.07, 6.45) is -0.344. The number of halogens is 1. The number of aromatic nitrogens is 2. The van der Waals surface area contributed by atoms with Crippen molar-refractivity contribution < 1.29 is 9.52 Å². The van der Waals surface area contributed by atoms with Gasteiger partial charge < -0.3 is 9.52 Å². The summed E-state index contributed by atoms with van der Waals surface area (Å²) < 4.78 is 6.05. The van der Waals surface area contributed by atoms with E-state index in [2.05, 4.69) is 26.1 Å². The third kappa shape index (κ3) is 2.78. The number of rotatable bonds is 3. The maximum atomic E-state index is 9.91.